The highest BCUT2D eigenvalue weighted by atomic mass is 15.2. The lowest BCUT2D eigenvalue weighted by Crippen LogP contribution is -2.30. The summed E-state index contributed by atoms with van der Waals surface area (Å²) in [5.41, 5.74) is 2.81. The fourth-order valence-corrected chi connectivity index (χ4v) is 3.28. The minimum absolute atomic E-state index is 0.817. The summed E-state index contributed by atoms with van der Waals surface area (Å²) < 4.78 is 2.14. The molecule has 0 N–H and O–H groups in total. The smallest absolute Gasteiger partial charge is 0.165 e. The Morgan fingerprint density at radius 3 is 2.74 bits per heavy atom. The topological polar surface area (TPSA) is 59.7 Å². The summed E-state index contributed by atoms with van der Waals surface area (Å²) in [6, 6.07) is 3.97. The molecule has 1 saturated heterocycles. The molecule has 118 valence electrons. The molecule has 0 aliphatic carbocycles. The summed E-state index contributed by atoms with van der Waals surface area (Å²) in [6.45, 7) is 5.03. The molecule has 6 heteroatoms. The van der Waals surface area contributed by atoms with Gasteiger partial charge in [-0.2, -0.15) is 0 Å². The highest BCUT2D eigenvalue weighted by molar-refractivity contribution is 5.86. The predicted octanol–water partition coefficient (Wildman–Crippen LogP) is 2.90. The van der Waals surface area contributed by atoms with Gasteiger partial charge >= 0.3 is 0 Å². The van der Waals surface area contributed by atoms with Crippen molar-refractivity contribution in [1.82, 2.24) is 24.5 Å². The van der Waals surface area contributed by atoms with E-state index in [2.05, 4.69) is 31.3 Å². The predicted molar refractivity (Wildman–Crippen MR) is 90.3 cm³/mol. The van der Waals surface area contributed by atoms with Gasteiger partial charge in [-0.25, -0.2) is 15.0 Å². The third-order valence-electron chi connectivity index (χ3n) is 4.40. The van der Waals surface area contributed by atoms with Gasteiger partial charge in [0.1, 0.15) is 12.2 Å². The molecule has 3 aromatic heterocycles. The van der Waals surface area contributed by atoms with Crippen LogP contribution in [0.15, 0.2) is 30.9 Å². The van der Waals surface area contributed by atoms with Gasteiger partial charge in [-0.15, -0.1) is 0 Å². The van der Waals surface area contributed by atoms with Gasteiger partial charge in [0.05, 0.1) is 0 Å². The maximum absolute atomic E-state index is 4.89. The van der Waals surface area contributed by atoms with Crippen molar-refractivity contribution in [1.29, 1.82) is 0 Å². The molecule has 4 rings (SSSR count). The molecule has 3 aromatic rings. The van der Waals surface area contributed by atoms with Gasteiger partial charge in [-0.05, 0) is 38.3 Å². The molecular weight excluding hydrogens is 288 g/mol. The molecule has 23 heavy (non-hydrogen) atoms. The number of rotatable bonds is 3. The van der Waals surface area contributed by atoms with Crippen molar-refractivity contribution in [2.45, 2.75) is 32.7 Å². The summed E-state index contributed by atoms with van der Waals surface area (Å²) in [7, 11) is 0. The van der Waals surface area contributed by atoms with Gasteiger partial charge in [0.25, 0.3) is 0 Å². The van der Waals surface area contributed by atoms with Crippen LogP contribution >= 0.6 is 0 Å². The zero-order valence-electron chi connectivity index (χ0n) is 13.3. The average Bonchev–Trinajstić information content (AvgIpc) is 3.02. The SMILES string of the molecule is CCn1c(-c2cccnc2)nc2c(N3CCCCC3)ncnc21. The molecule has 1 aliphatic rings. The Hall–Kier alpha value is -2.50. The number of nitrogens with zero attached hydrogens (tertiary/aromatic N) is 6. The van der Waals surface area contributed by atoms with E-state index in [4.69, 9.17) is 4.98 Å². The summed E-state index contributed by atoms with van der Waals surface area (Å²) in [5.74, 6) is 1.88. The van der Waals surface area contributed by atoms with Crippen LogP contribution in [-0.4, -0.2) is 37.6 Å². The Labute approximate surface area is 135 Å². The summed E-state index contributed by atoms with van der Waals surface area (Å²) in [6.07, 6.45) is 9.02. The molecule has 1 fully saturated rings. The molecule has 0 aromatic carbocycles. The molecule has 1 aliphatic heterocycles. The van der Waals surface area contributed by atoms with Crippen molar-refractivity contribution in [2.75, 3.05) is 18.0 Å². The van der Waals surface area contributed by atoms with Gasteiger partial charge in [0.2, 0.25) is 0 Å². The average molecular weight is 308 g/mol. The van der Waals surface area contributed by atoms with Crippen molar-refractivity contribution < 1.29 is 0 Å². The van der Waals surface area contributed by atoms with Gasteiger partial charge in [-0.1, -0.05) is 0 Å². The fraction of sp³-hybridized carbons (Fsp3) is 0.412. The third kappa shape index (κ3) is 2.44. The number of hydrogen-bond acceptors (Lipinski definition) is 5. The number of anilines is 1. The van der Waals surface area contributed by atoms with Crippen molar-refractivity contribution in [3.8, 4) is 11.4 Å². The number of fused-ring (bicyclic) bond motifs is 1. The van der Waals surface area contributed by atoms with Crippen LogP contribution in [0.3, 0.4) is 0 Å². The minimum Gasteiger partial charge on any atom is -0.355 e. The molecule has 4 heterocycles. The molecule has 0 bridgehead atoms. The zero-order valence-corrected chi connectivity index (χ0v) is 13.3. The molecule has 0 spiro atoms. The van der Waals surface area contributed by atoms with Gasteiger partial charge in [-0.3, -0.25) is 4.98 Å². The number of aryl methyl sites for hydroxylation is 1. The number of hydrogen-bond donors (Lipinski definition) is 0. The number of piperidine rings is 1. The monoisotopic (exact) mass is 308 g/mol. The fourth-order valence-electron chi connectivity index (χ4n) is 3.28. The van der Waals surface area contributed by atoms with Crippen LogP contribution in [0.25, 0.3) is 22.6 Å². The lowest BCUT2D eigenvalue weighted by Gasteiger charge is -2.27. The highest BCUT2D eigenvalue weighted by Crippen LogP contribution is 2.29. The standard InChI is InChI=1S/C17H20N6/c1-2-23-15(13-7-6-8-18-11-13)21-14-16(19-12-20-17(14)23)22-9-4-3-5-10-22/h6-8,11-12H,2-5,9-10H2,1H3. The maximum Gasteiger partial charge on any atom is 0.165 e. The van der Waals surface area contributed by atoms with E-state index in [0.29, 0.717) is 0 Å². The van der Waals surface area contributed by atoms with Gasteiger partial charge < -0.3 is 9.47 Å². The summed E-state index contributed by atoms with van der Waals surface area (Å²) >= 11 is 0. The van der Waals surface area contributed by atoms with Crippen molar-refractivity contribution in [2.24, 2.45) is 0 Å². The maximum atomic E-state index is 4.89. The summed E-state index contributed by atoms with van der Waals surface area (Å²) in [5, 5.41) is 0. The molecule has 0 unspecified atom stereocenters. The largest absolute Gasteiger partial charge is 0.355 e. The van der Waals surface area contributed by atoms with Crippen molar-refractivity contribution >= 4 is 17.0 Å². The molecular formula is C17H20N6. The van der Waals surface area contributed by atoms with Crippen LogP contribution in [0.4, 0.5) is 5.82 Å². The van der Waals surface area contributed by atoms with Crippen LogP contribution in [0, 0.1) is 0 Å². The third-order valence-corrected chi connectivity index (χ3v) is 4.40. The quantitative estimate of drug-likeness (QED) is 0.744. The minimum atomic E-state index is 0.817. The second-order valence-corrected chi connectivity index (χ2v) is 5.84. The Morgan fingerprint density at radius 1 is 1.13 bits per heavy atom. The first-order chi connectivity index (χ1) is 11.4. The summed E-state index contributed by atoms with van der Waals surface area (Å²) in [4.78, 5) is 20.5. The Kier molecular flexibility index (Phi) is 3.65. The second-order valence-electron chi connectivity index (χ2n) is 5.84. The van der Waals surface area contributed by atoms with E-state index < -0.39 is 0 Å². The lowest BCUT2D eigenvalue weighted by molar-refractivity contribution is 0.574. The molecule has 6 nitrogen and oxygen atoms in total. The first kappa shape index (κ1) is 14.1. The Bertz CT molecular complexity index is 805. The first-order valence-corrected chi connectivity index (χ1v) is 8.25. The number of imidazole rings is 1. The molecule has 0 amide bonds. The van der Waals surface area contributed by atoms with E-state index in [1.54, 1.807) is 12.5 Å². The Balaban J connectivity index is 1.89. The Morgan fingerprint density at radius 2 is 2.00 bits per heavy atom. The van der Waals surface area contributed by atoms with Crippen LogP contribution in [-0.2, 0) is 6.54 Å². The van der Waals surface area contributed by atoms with Crippen LogP contribution in [0.1, 0.15) is 26.2 Å². The first-order valence-electron chi connectivity index (χ1n) is 8.25. The lowest BCUT2D eigenvalue weighted by atomic mass is 10.1. The molecule has 0 radical (unpaired) electrons. The number of pyridine rings is 1. The van der Waals surface area contributed by atoms with Crippen LogP contribution in [0.5, 0.6) is 0 Å². The van der Waals surface area contributed by atoms with Gasteiger partial charge in [0, 0.05) is 37.6 Å². The molecule has 0 atom stereocenters. The zero-order chi connectivity index (χ0) is 15.6. The van der Waals surface area contributed by atoms with E-state index in [1.807, 2.05) is 18.3 Å². The van der Waals surface area contributed by atoms with E-state index in [1.165, 1.54) is 19.3 Å². The van der Waals surface area contributed by atoms with E-state index in [-0.39, 0.29) is 0 Å². The van der Waals surface area contributed by atoms with Crippen LogP contribution in [0.2, 0.25) is 0 Å². The van der Waals surface area contributed by atoms with E-state index in [0.717, 1.165) is 48.0 Å². The van der Waals surface area contributed by atoms with Crippen molar-refractivity contribution in [3.63, 3.8) is 0 Å². The van der Waals surface area contributed by atoms with E-state index >= 15 is 0 Å². The van der Waals surface area contributed by atoms with Crippen molar-refractivity contribution in [3.05, 3.63) is 30.9 Å². The molecule has 0 saturated carbocycles. The number of aromatic nitrogens is 5. The normalized spacial score (nSPS) is 15.3. The second kappa shape index (κ2) is 5.95. The highest BCUT2D eigenvalue weighted by Gasteiger charge is 2.21. The van der Waals surface area contributed by atoms with Gasteiger partial charge in [0.15, 0.2) is 17.0 Å². The van der Waals surface area contributed by atoms with Crippen LogP contribution < -0.4 is 4.90 Å². The van der Waals surface area contributed by atoms with E-state index in [9.17, 15) is 0 Å².